The van der Waals surface area contributed by atoms with Crippen LogP contribution < -0.4 is 0 Å². The molecule has 6 nitrogen and oxygen atoms in total. The molecule has 6 heteroatoms. The van der Waals surface area contributed by atoms with Gasteiger partial charge in [0.2, 0.25) is 0 Å². The molecule has 0 fully saturated rings. The second-order valence-corrected chi connectivity index (χ2v) is 28.0. The highest BCUT2D eigenvalue weighted by Gasteiger charge is 2.24. The van der Waals surface area contributed by atoms with Gasteiger partial charge in [-0.2, -0.15) is 0 Å². The lowest BCUT2D eigenvalue weighted by molar-refractivity contribution is 0.590. The molecule has 2 heterocycles. The minimum absolute atomic E-state index is 0.0107. The van der Waals surface area contributed by atoms with Gasteiger partial charge < -0.3 is 0 Å². The summed E-state index contributed by atoms with van der Waals surface area (Å²) >= 11 is 0. The SMILES string of the molecule is CC(C)(C)c1ccc(-c2nc(-c3ccc(C(C)(C)C)cc3)nc(-c3cccc(-c4ccccc4-c4c5ccccc5c(-c5ccccc5-c5cccc(-c6nc(-c7ccc(C(C)(C)C)cc7)nc(-c7ccc(C(C)(C)C)cc7)n6)c5)c5ccccc45)c3)n2)cc1. The number of hydrogen-bond acceptors (Lipinski definition) is 6. The van der Waals surface area contributed by atoms with E-state index in [1.807, 2.05) is 0 Å². The Morgan fingerprint density at radius 1 is 0.189 bits per heavy atom. The van der Waals surface area contributed by atoms with E-state index in [-0.39, 0.29) is 21.7 Å². The summed E-state index contributed by atoms with van der Waals surface area (Å²) < 4.78 is 0. The standard InChI is InChI=1S/C84H76N6/c1-81(2,3)61-43-35-53(36-44-61)75-85-76(54-37-45-62(46-38-54)82(4,5)6)88-79(87-75)59-25-21-23-57(51-59)65-27-13-15-29-67(65)73-69-31-17-19-33-71(69)74(72-34-20-18-32-70(72)73)68-30-16-14-28-66(68)58-24-22-26-60(52-58)80-89-77(55-39-47-63(48-40-55)83(7,8)9)86-78(90-80)56-41-49-64(50-42-56)84(10,11)12/h13-52H,1-12H3. The maximum atomic E-state index is 5.25. The van der Waals surface area contributed by atoms with E-state index in [2.05, 4.69) is 326 Å². The van der Waals surface area contributed by atoms with Crippen molar-refractivity contribution in [3.05, 3.63) is 265 Å². The Bertz CT molecular complexity index is 4300. The fraction of sp³-hybridized carbons (Fsp3) is 0.190. The summed E-state index contributed by atoms with van der Waals surface area (Å²) in [4.78, 5) is 31.3. The predicted molar refractivity (Wildman–Crippen MR) is 377 cm³/mol. The molecule has 13 rings (SSSR count). The van der Waals surface area contributed by atoms with Gasteiger partial charge in [0, 0.05) is 33.4 Å². The van der Waals surface area contributed by atoms with Crippen molar-refractivity contribution in [1.82, 2.24) is 29.9 Å². The van der Waals surface area contributed by atoms with Crippen LogP contribution in [-0.4, -0.2) is 29.9 Å². The molecule has 0 unspecified atom stereocenters. The van der Waals surface area contributed by atoms with E-state index in [1.54, 1.807) is 0 Å². The predicted octanol–water partition coefficient (Wildman–Crippen LogP) is 22.2. The topological polar surface area (TPSA) is 77.3 Å². The number of nitrogens with zero attached hydrogens (tertiary/aromatic N) is 6. The van der Waals surface area contributed by atoms with Crippen molar-refractivity contribution < 1.29 is 0 Å². The third kappa shape index (κ3) is 11.8. The van der Waals surface area contributed by atoms with Crippen LogP contribution in [0.3, 0.4) is 0 Å². The molecule has 0 saturated heterocycles. The number of aromatic nitrogens is 6. The molecule has 0 bridgehead atoms. The molecule has 0 amide bonds. The average molecular weight is 1170 g/mol. The molecular weight excluding hydrogens is 1090 g/mol. The molecule has 90 heavy (non-hydrogen) atoms. The molecule has 0 aliphatic rings. The van der Waals surface area contributed by atoms with Crippen LogP contribution >= 0.6 is 0 Å². The molecule has 0 radical (unpaired) electrons. The second kappa shape index (κ2) is 23.2. The normalized spacial score (nSPS) is 12.2. The van der Waals surface area contributed by atoms with Crippen molar-refractivity contribution in [2.24, 2.45) is 0 Å². The molecule has 11 aromatic carbocycles. The number of fused-ring (bicyclic) bond motifs is 2. The minimum Gasteiger partial charge on any atom is -0.208 e. The van der Waals surface area contributed by atoms with Crippen LogP contribution in [0.1, 0.15) is 105 Å². The van der Waals surface area contributed by atoms with Crippen molar-refractivity contribution in [1.29, 1.82) is 0 Å². The summed E-state index contributed by atoms with van der Waals surface area (Å²) in [6.07, 6.45) is 0. The maximum absolute atomic E-state index is 5.25. The van der Waals surface area contributed by atoms with Gasteiger partial charge in [0.25, 0.3) is 0 Å². The van der Waals surface area contributed by atoms with Crippen LogP contribution in [0.4, 0.5) is 0 Å². The van der Waals surface area contributed by atoms with E-state index in [9.17, 15) is 0 Å². The number of benzene rings is 11. The Morgan fingerprint density at radius 2 is 0.400 bits per heavy atom. The largest absolute Gasteiger partial charge is 0.208 e. The van der Waals surface area contributed by atoms with Crippen molar-refractivity contribution in [3.8, 4) is 113 Å². The van der Waals surface area contributed by atoms with Gasteiger partial charge in [0.1, 0.15) is 0 Å². The van der Waals surface area contributed by atoms with Gasteiger partial charge in [-0.1, -0.05) is 314 Å². The molecule has 442 valence electrons. The lowest BCUT2D eigenvalue weighted by Gasteiger charge is -2.21. The molecule has 0 N–H and O–H groups in total. The first kappa shape index (κ1) is 59.0. The first-order chi connectivity index (χ1) is 43.1. The van der Waals surface area contributed by atoms with Crippen LogP contribution in [0.25, 0.3) is 134 Å². The van der Waals surface area contributed by atoms with Crippen LogP contribution in [0.5, 0.6) is 0 Å². The van der Waals surface area contributed by atoms with Crippen molar-refractivity contribution in [2.75, 3.05) is 0 Å². The lowest BCUT2D eigenvalue weighted by atomic mass is 9.82. The van der Waals surface area contributed by atoms with Crippen molar-refractivity contribution >= 4 is 21.5 Å². The van der Waals surface area contributed by atoms with Crippen molar-refractivity contribution in [2.45, 2.75) is 105 Å². The lowest BCUT2D eigenvalue weighted by Crippen LogP contribution is -2.11. The fourth-order valence-corrected chi connectivity index (χ4v) is 12.3. The highest BCUT2D eigenvalue weighted by Crippen LogP contribution is 2.48. The van der Waals surface area contributed by atoms with Crippen molar-refractivity contribution in [3.63, 3.8) is 0 Å². The first-order valence-corrected chi connectivity index (χ1v) is 31.4. The molecule has 13 aromatic rings. The van der Waals surface area contributed by atoms with Gasteiger partial charge in [-0.25, -0.2) is 29.9 Å². The van der Waals surface area contributed by atoms with Gasteiger partial charge in [0.05, 0.1) is 0 Å². The Hall–Kier alpha value is -10.0. The Labute approximate surface area is 531 Å². The summed E-state index contributed by atoms with van der Waals surface area (Å²) in [5.74, 6) is 3.77. The summed E-state index contributed by atoms with van der Waals surface area (Å²) in [7, 11) is 0. The van der Waals surface area contributed by atoms with E-state index in [0.29, 0.717) is 34.9 Å². The van der Waals surface area contributed by atoms with E-state index in [4.69, 9.17) is 29.9 Å². The Morgan fingerprint density at radius 3 is 0.644 bits per heavy atom. The summed E-state index contributed by atoms with van der Waals surface area (Å²) in [5.41, 5.74) is 19.6. The van der Waals surface area contributed by atoms with Gasteiger partial charge >= 0.3 is 0 Å². The van der Waals surface area contributed by atoms with Crippen LogP contribution in [-0.2, 0) is 21.7 Å². The minimum atomic E-state index is 0.0107. The zero-order chi connectivity index (χ0) is 62.7. The van der Waals surface area contributed by atoms with Gasteiger partial charge in [-0.05, 0) is 122 Å². The Kier molecular flexibility index (Phi) is 15.2. The zero-order valence-electron chi connectivity index (χ0n) is 53.8. The van der Waals surface area contributed by atoms with Crippen LogP contribution in [0.15, 0.2) is 243 Å². The third-order valence-corrected chi connectivity index (χ3v) is 17.5. The van der Waals surface area contributed by atoms with Gasteiger partial charge in [0.15, 0.2) is 34.9 Å². The second-order valence-electron chi connectivity index (χ2n) is 28.0. The van der Waals surface area contributed by atoms with Crippen LogP contribution in [0.2, 0.25) is 0 Å². The van der Waals surface area contributed by atoms with Gasteiger partial charge in [-0.15, -0.1) is 0 Å². The molecule has 0 atom stereocenters. The smallest absolute Gasteiger partial charge is 0.164 e. The zero-order valence-corrected chi connectivity index (χ0v) is 53.8. The first-order valence-electron chi connectivity index (χ1n) is 31.4. The maximum Gasteiger partial charge on any atom is 0.164 e. The van der Waals surface area contributed by atoms with E-state index in [1.165, 1.54) is 33.4 Å². The molecule has 0 aliphatic carbocycles. The number of rotatable bonds is 10. The molecule has 2 aromatic heterocycles. The Balaban J connectivity index is 0.918. The summed E-state index contributed by atoms with van der Waals surface area (Å²) in [6.45, 7) is 26.8. The fourth-order valence-electron chi connectivity index (χ4n) is 12.3. The van der Waals surface area contributed by atoms with Crippen LogP contribution in [0, 0.1) is 0 Å². The highest BCUT2D eigenvalue weighted by molar-refractivity contribution is 6.23. The van der Waals surface area contributed by atoms with Gasteiger partial charge in [-0.3, -0.25) is 0 Å². The molecule has 0 aliphatic heterocycles. The third-order valence-electron chi connectivity index (χ3n) is 17.5. The van der Waals surface area contributed by atoms with E-state index in [0.717, 1.165) is 88.3 Å². The monoisotopic (exact) mass is 1170 g/mol. The molecular formula is C84H76N6. The average Bonchev–Trinajstić information content (AvgIpc) is 0.745. The number of hydrogen-bond donors (Lipinski definition) is 0. The van der Waals surface area contributed by atoms with E-state index >= 15 is 0 Å². The highest BCUT2D eigenvalue weighted by atomic mass is 15.0. The molecule has 0 spiro atoms. The quantitative estimate of drug-likeness (QED) is 0.127. The summed E-state index contributed by atoms with van der Waals surface area (Å²) in [5, 5.41) is 4.65. The molecule has 0 saturated carbocycles. The van der Waals surface area contributed by atoms with E-state index < -0.39 is 0 Å². The summed E-state index contributed by atoms with van der Waals surface area (Å²) in [6, 6.07) is 87.5.